The van der Waals surface area contributed by atoms with E-state index in [1.54, 1.807) is 0 Å². The van der Waals surface area contributed by atoms with Crippen LogP contribution in [0.1, 0.15) is 44.4 Å². The Balaban J connectivity index is 1.56. The van der Waals surface area contributed by atoms with Gasteiger partial charge in [0.05, 0.1) is 6.54 Å². The molecular weight excluding hydrogens is 398 g/mol. The first-order valence-electron chi connectivity index (χ1n) is 11.1. The Morgan fingerprint density at radius 1 is 1.03 bits per heavy atom. The number of aryl methyl sites for hydroxylation is 1. The van der Waals surface area contributed by atoms with Crippen LogP contribution in [-0.4, -0.2) is 35.4 Å². The van der Waals surface area contributed by atoms with Gasteiger partial charge in [-0.25, -0.2) is 9.67 Å². The van der Waals surface area contributed by atoms with Crippen LogP contribution in [0.2, 0.25) is 0 Å². The zero-order valence-electron chi connectivity index (χ0n) is 18.9. The molecule has 2 aromatic heterocycles. The van der Waals surface area contributed by atoms with Crippen molar-refractivity contribution in [3.63, 3.8) is 0 Å². The van der Waals surface area contributed by atoms with E-state index < -0.39 is 0 Å². The maximum Gasteiger partial charge on any atom is 0.205 e. The molecule has 0 amide bonds. The van der Waals surface area contributed by atoms with Crippen LogP contribution < -0.4 is 0 Å². The Bertz CT molecular complexity index is 1160. The molecule has 0 aliphatic heterocycles. The van der Waals surface area contributed by atoms with Crippen molar-refractivity contribution in [2.45, 2.75) is 46.6 Å². The van der Waals surface area contributed by atoms with Crippen LogP contribution in [0.4, 0.5) is 0 Å². The van der Waals surface area contributed by atoms with Gasteiger partial charge in [0.15, 0.2) is 5.82 Å². The van der Waals surface area contributed by atoms with Crippen molar-refractivity contribution in [3.8, 4) is 22.5 Å². The second-order valence-electron chi connectivity index (χ2n) is 8.28. The van der Waals surface area contributed by atoms with Gasteiger partial charge in [-0.05, 0) is 41.2 Å². The molecule has 4 aromatic rings. The predicted octanol–water partition coefficient (Wildman–Crippen LogP) is 4.88. The number of aromatic nitrogens is 7. The Hall–Kier alpha value is -3.61. The minimum absolute atomic E-state index is 0.593. The highest BCUT2D eigenvalue weighted by molar-refractivity contribution is 5.80. The van der Waals surface area contributed by atoms with Gasteiger partial charge in [-0.15, -0.1) is 10.2 Å². The molecular formula is C25H29N7. The molecule has 7 heteroatoms. The number of aromatic amines is 1. The van der Waals surface area contributed by atoms with E-state index in [0.29, 0.717) is 11.7 Å². The minimum atomic E-state index is 0.593. The molecule has 1 N–H and O–H groups in total. The summed E-state index contributed by atoms with van der Waals surface area (Å²) in [6.45, 7) is 7.24. The molecule has 0 spiro atoms. The first kappa shape index (κ1) is 21.6. The SMILES string of the molecule is C/C=C/Cn1nc(CCC(C)C)nc1Cc1ccc(-c2ccccc2-c2nn[nH]n2)cc1. The summed E-state index contributed by atoms with van der Waals surface area (Å²) in [6.07, 6.45) is 6.93. The number of hydrogen-bond donors (Lipinski definition) is 1. The van der Waals surface area contributed by atoms with Gasteiger partial charge in [0, 0.05) is 18.4 Å². The van der Waals surface area contributed by atoms with Crippen molar-refractivity contribution < 1.29 is 0 Å². The molecule has 0 fully saturated rings. The summed E-state index contributed by atoms with van der Waals surface area (Å²) in [5.74, 6) is 3.17. The van der Waals surface area contributed by atoms with Crippen molar-refractivity contribution >= 4 is 0 Å². The van der Waals surface area contributed by atoms with Gasteiger partial charge in [0.25, 0.3) is 0 Å². The molecule has 0 aliphatic rings. The topological polar surface area (TPSA) is 85.2 Å². The molecule has 0 atom stereocenters. The largest absolute Gasteiger partial charge is 0.246 e. The molecule has 0 saturated carbocycles. The van der Waals surface area contributed by atoms with E-state index in [2.05, 4.69) is 77.0 Å². The lowest BCUT2D eigenvalue weighted by Crippen LogP contribution is -2.05. The Kier molecular flexibility index (Phi) is 6.84. The fraction of sp³-hybridized carbons (Fsp3) is 0.320. The van der Waals surface area contributed by atoms with E-state index in [4.69, 9.17) is 10.1 Å². The smallest absolute Gasteiger partial charge is 0.205 e. The fourth-order valence-electron chi connectivity index (χ4n) is 3.62. The Morgan fingerprint density at radius 2 is 1.81 bits per heavy atom. The number of tetrazole rings is 1. The lowest BCUT2D eigenvalue weighted by Gasteiger charge is -2.08. The number of H-pyrrole nitrogens is 1. The number of nitrogens with one attached hydrogen (secondary N) is 1. The van der Waals surface area contributed by atoms with Crippen molar-refractivity contribution in [2.24, 2.45) is 5.92 Å². The minimum Gasteiger partial charge on any atom is -0.246 e. The summed E-state index contributed by atoms with van der Waals surface area (Å²) in [4.78, 5) is 4.85. The van der Waals surface area contributed by atoms with Crippen LogP contribution >= 0.6 is 0 Å². The summed E-state index contributed by atoms with van der Waals surface area (Å²) in [5, 5.41) is 19.2. The van der Waals surface area contributed by atoms with Gasteiger partial charge in [-0.1, -0.05) is 74.5 Å². The highest BCUT2D eigenvalue weighted by Gasteiger charge is 2.13. The molecule has 7 nitrogen and oxygen atoms in total. The summed E-state index contributed by atoms with van der Waals surface area (Å²) in [7, 11) is 0. The number of nitrogens with zero attached hydrogens (tertiary/aromatic N) is 6. The third kappa shape index (κ3) is 5.17. The molecule has 32 heavy (non-hydrogen) atoms. The quantitative estimate of drug-likeness (QED) is 0.385. The molecule has 0 aliphatic carbocycles. The number of rotatable bonds is 9. The predicted molar refractivity (Wildman–Crippen MR) is 126 cm³/mol. The molecule has 0 saturated heterocycles. The number of hydrogen-bond acceptors (Lipinski definition) is 5. The van der Waals surface area contributed by atoms with E-state index >= 15 is 0 Å². The van der Waals surface area contributed by atoms with Gasteiger partial charge >= 0.3 is 0 Å². The second kappa shape index (κ2) is 10.1. The van der Waals surface area contributed by atoms with Crippen molar-refractivity contribution in [3.05, 3.63) is 77.9 Å². The lowest BCUT2D eigenvalue weighted by atomic mass is 9.98. The van der Waals surface area contributed by atoms with E-state index in [1.807, 2.05) is 29.8 Å². The first-order valence-corrected chi connectivity index (χ1v) is 11.1. The van der Waals surface area contributed by atoms with E-state index in [1.165, 1.54) is 5.56 Å². The van der Waals surface area contributed by atoms with Crippen LogP contribution in [0.3, 0.4) is 0 Å². The standard InChI is InChI=1S/C25H29N7/c1-4-5-16-32-24(26-23(29-32)15-10-18(2)3)17-19-11-13-20(14-12-19)21-8-6-7-9-22(21)25-27-30-31-28-25/h4-9,11-14,18H,10,15-17H2,1-3H3,(H,27,28,30,31)/b5-4+. The maximum atomic E-state index is 4.85. The molecule has 0 radical (unpaired) electrons. The van der Waals surface area contributed by atoms with Gasteiger partial charge in [0.2, 0.25) is 5.82 Å². The van der Waals surface area contributed by atoms with Gasteiger partial charge < -0.3 is 0 Å². The average molecular weight is 428 g/mol. The lowest BCUT2D eigenvalue weighted by molar-refractivity contribution is 0.569. The molecule has 0 unspecified atom stereocenters. The third-order valence-corrected chi connectivity index (χ3v) is 5.39. The zero-order valence-corrected chi connectivity index (χ0v) is 18.9. The maximum absolute atomic E-state index is 4.85. The van der Waals surface area contributed by atoms with Gasteiger partial charge in [0.1, 0.15) is 5.82 Å². The zero-order chi connectivity index (χ0) is 22.3. The molecule has 2 heterocycles. The third-order valence-electron chi connectivity index (χ3n) is 5.39. The number of benzene rings is 2. The molecule has 0 bridgehead atoms. The van der Waals surface area contributed by atoms with Crippen molar-refractivity contribution in [1.29, 1.82) is 0 Å². The molecule has 4 rings (SSSR count). The van der Waals surface area contributed by atoms with Crippen LogP contribution in [0.25, 0.3) is 22.5 Å². The summed E-state index contributed by atoms with van der Waals surface area (Å²) in [5.41, 5.74) is 4.35. The summed E-state index contributed by atoms with van der Waals surface area (Å²) in [6, 6.07) is 16.7. The molecule has 164 valence electrons. The average Bonchev–Trinajstić information content (AvgIpc) is 3.47. The van der Waals surface area contributed by atoms with Crippen LogP contribution in [0.15, 0.2) is 60.7 Å². The van der Waals surface area contributed by atoms with Crippen LogP contribution in [0.5, 0.6) is 0 Å². The van der Waals surface area contributed by atoms with E-state index in [9.17, 15) is 0 Å². The molecule has 2 aromatic carbocycles. The van der Waals surface area contributed by atoms with Gasteiger partial charge in [-0.2, -0.15) is 10.3 Å². The van der Waals surface area contributed by atoms with Crippen molar-refractivity contribution in [1.82, 2.24) is 35.4 Å². The first-order chi connectivity index (χ1) is 15.6. The summed E-state index contributed by atoms with van der Waals surface area (Å²) >= 11 is 0. The van der Waals surface area contributed by atoms with E-state index in [0.717, 1.165) is 54.1 Å². The fourth-order valence-corrected chi connectivity index (χ4v) is 3.62. The second-order valence-corrected chi connectivity index (χ2v) is 8.28. The van der Waals surface area contributed by atoms with Crippen LogP contribution in [-0.2, 0) is 19.4 Å². The van der Waals surface area contributed by atoms with Gasteiger partial charge in [-0.3, -0.25) is 0 Å². The van der Waals surface area contributed by atoms with Crippen molar-refractivity contribution in [2.75, 3.05) is 0 Å². The Labute approximate surface area is 188 Å². The normalized spacial score (nSPS) is 11.6. The highest BCUT2D eigenvalue weighted by Crippen LogP contribution is 2.30. The number of allylic oxidation sites excluding steroid dienone is 2. The highest BCUT2D eigenvalue weighted by atomic mass is 15.5. The van der Waals surface area contributed by atoms with Crippen LogP contribution in [0, 0.1) is 5.92 Å². The summed E-state index contributed by atoms with van der Waals surface area (Å²) < 4.78 is 2.02. The monoisotopic (exact) mass is 427 g/mol. The Morgan fingerprint density at radius 3 is 2.50 bits per heavy atom. The van der Waals surface area contributed by atoms with E-state index in [-0.39, 0.29) is 0 Å².